The van der Waals surface area contributed by atoms with E-state index in [1.54, 1.807) is 0 Å². The minimum atomic E-state index is -5.35. The molecule has 3 rings (SSSR count). The van der Waals surface area contributed by atoms with Crippen LogP contribution in [0.5, 0.6) is 5.75 Å². The molecule has 0 radical (unpaired) electrons. The van der Waals surface area contributed by atoms with Crippen molar-refractivity contribution < 1.29 is 40.3 Å². The predicted octanol–water partition coefficient (Wildman–Crippen LogP) is 6.40. The van der Waals surface area contributed by atoms with E-state index in [1.165, 1.54) is 0 Å². The molecular formula is C18H10ClF7N4O2S. The van der Waals surface area contributed by atoms with Crippen LogP contribution in [0.25, 0.3) is 5.69 Å². The van der Waals surface area contributed by atoms with E-state index in [4.69, 9.17) is 28.6 Å². The van der Waals surface area contributed by atoms with Gasteiger partial charge in [0.25, 0.3) is 0 Å². The topological polar surface area (TPSA) is 63.1 Å². The maximum absolute atomic E-state index is 13.7. The molecule has 0 saturated carbocycles. The second kappa shape index (κ2) is 8.67. The number of benzene rings is 1. The Labute approximate surface area is 190 Å². The third kappa shape index (κ3) is 5.11. The number of halogens is 8. The van der Waals surface area contributed by atoms with E-state index in [2.05, 4.69) is 9.97 Å². The largest absolute Gasteiger partial charge is 0.420 e. The minimum Gasteiger partial charge on any atom is -0.407 e. The molecule has 0 saturated heterocycles. The third-order valence-corrected chi connectivity index (χ3v) is 4.79. The summed E-state index contributed by atoms with van der Waals surface area (Å²) >= 11 is 10.4. The first-order chi connectivity index (χ1) is 15.2. The van der Waals surface area contributed by atoms with Crippen molar-refractivity contribution in [3.05, 3.63) is 63.5 Å². The van der Waals surface area contributed by atoms with Gasteiger partial charge in [0, 0.05) is 19.4 Å². The van der Waals surface area contributed by atoms with Crippen molar-refractivity contribution in [2.24, 2.45) is 0 Å². The first-order valence-corrected chi connectivity index (χ1v) is 9.35. The van der Waals surface area contributed by atoms with Gasteiger partial charge in [-0.25, -0.2) is 14.2 Å². The summed E-state index contributed by atoms with van der Waals surface area (Å²) in [6, 6.07) is 2.01. The van der Waals surface area contributed by atoms with Gasteiger partial charge in [-0.3, -0.25) is 9.47 Å². The Bertz CT molecular complexity index is 1270. The Morgan fingerprint density at radius 2 is 1.85 bits per heavy atom. The molecule has 33 heavy (non-hydrogen) atoms. The van der Waals surface area contributed by atoms with Crippen molar-refractivity contribution in [3.63, 3.8) is 0 Å². The van der Waals surface area contributed by atoms with Gasteiger partial charge in [0.15, 0.2) is 21.5 Å². The number of aromatic nitrogens is 3. The lowest BCUT2D eigenvalue weighted by molar-refractivity contribution is -0.143. The van der Waals surface area contributed by atoms with E-state index in [0.29, 0.717) is 11.0 Å². The van der Waals surface area contributed by atoms with Crippen molar-refractivity contribution in [1.29, 1.82) is 0 Å². The molecule has 0 bridgehead atoms. The number of H-pyrrole nitrogens is 1. The molecule has 0 aliphatic rings. The van der Waals surface area contributed by atoms with E-state index >= 15 is 0 Å². The zero-order chi connectivity index (χ0) is 24.7. The smallest absolute Gasteiger partial charge is 0.407 e. The maximum Gasteiger partial charge on any atom is 0.420 e. The Morgan fingerprint density at radius 1 is 1.18 bits per heavy atom. The number of rotatable bonds is 3. The molecule has 1 amide bonds. The highest BCUT2D eigenvalue weighted by molar-refractivity contribution is 7.71. The molecule has 0 spiro atoms. The first kappa shape index (κ1) is 24.5. The zero-order valence-corrected chi connectivity index (χ0v) is 17.6. The Hall–Kier alpha value is -3.13. The lowest BCUT2D eigenvalue weighted by Gasteiger charge is -2.22. The van der Waals surface area contributed by atoms with Crippen LogP contribution < -0.4 is 9.64 Å². The van der Waals surface area contributed by atoms with Gasteiger partial charge in [0.1, 0.15) is 11.4 Å². The summed E-state index contributed by atoms with van der Waals surface area (Å²) in [6.45, 7) is 0. The van der Waals surface area contributed by atoms with Crippen LogP contribution in [-0.2, 0) is 12.4 Å². The second-order valence-electron chi connectivity index (χ2n) is 6.37. The lowest BCUT2D eigenvalue weighted by atomic mass is 10.1. The number of hydrogen-bond donors (Lipinski definition) is 1. The number of alkyl halides is 6. The van der Waals surface area contributed by atoms with Crippen LogP contribution in [0.15, 0.2) is 36.7 Å². The highest BCUT2D eigenvalue weighted by Gasteiger charge is 2.41. The zero-order valence-electron chi connectivity index (χ0n) is 16.1. The van der Waals surface area contributed by atoms with Crippen molar-refractivity contribution in [2.45, 2.75) is 12.4 Å². The molecule has 2 aromatic heterocycles. The van der Waals surface area contributed by atoms with Gasteiger partial charge in [0.2, 0.25) is 0 Å². The fourth-order valence-corrected chi connectivity index (χ4v) is 3.00. The van der Waals surface area contributed by atoms with Crippen LogP contribution in [0.1, 0.15) is 11.1 Å². The predicted molar refractivity (Wildman–Crippen MR) is 105 cm³/mol. The molecule has 0 aliphatic carbocycles. The molecule has 1 aromatic carbocycles. The number of anilines is 1. The Kier molecular flexibility index (Phi) is 6.44. The number of carbonyl (C=O) groups is 1. The molecule has 2 heterocycles. The molecule has 0 fully saturated rings. The van der Waals surface area contributed by atoms with Gasteiger partial charge in [-0.2, -0.15) is 26.3 Å². The summed E-state index contributed by atoms with van der Waals surface area (Å²) in [5.74, 6) is -2.46. The fraction of sp³-hybridized carbons (Fsp3) is 0.167. The lowest BCUT2D eigenvalue weighted by Crippen LogP contribution is -2.31. The van der Waals surface area contributed by atoms with Crippen LogP contribution in [-0.4, -0.2) is 27.7 Å². The van der Waals surface area contributed by atoms with E-state index in [9.17, 15) is 35.5 Å². The quantitative estimate of drug-likeness (QED) is 0.250. The van der Waals surface area contributed by atoms with Gasteiger partial charge in [-0.15, -0.1) is 0 Å². The van der Waals surface area contributed by atoms with Gasteiger partial charge in [-0.05, 0) is 36.5 Å². The number of aromatic amines is 1. The molecule has 15 heteroatoms. The van der Waals surface area contributed by atoms with Crippen LogP contribution >= 0.6 is 23.8 Å². The molecule has 176 valence electrons. The average Bonchev–Trinajstić information content (AvgIpc) is 3.13. The van der Waals surface area contributed by atoms with Crippen molar-refractivity contribution in [2.75, 3.05) is 11.9 Å². The van der Waals surface area contributed by atoms with Gasteiger partial charge in [-0.1, -0.05) is 11.6 Å². The summed E-state index contributed by atoms with van der Waals surface area (Å²) in [6.07, 6.45) is -9.75. The Morgan fingerprint density at radius 3 is 2.36 bits per heavy atom. The molecule has 3 aromatic rings. The molecule has 0 aliphatic heterocycles. The van der Waals surface area contributed by atoms with Crippen LogP contribution in [0.2, 0.25) is 5.15 Å². The first-order valence-electron chi connectivity index (χ1n) is 8.56. The number of imidazole rings is 1. The number of amides is 1. The fourth-order valence-electron chi connectivity index (χ4n) is 2.63. The third-order valence-electron chi connectivity index (χ3n) is 4.21. The number of nitrogens with zero attached hydrogens (tertiary/aromatic N) is 3. The van der Waals surface area contributed by atoms with E-state index in [-0.39, 0.29) is 16.7 Å². The summed E-state index contributed by atoms with van der Waals surface area (Å²) < 4.78 is 99.8. The average molecular weight is 515 g/mol. The molecule has 1 N–H and O–H groups in total. The molecular weight excluding hydrogens is 505 g/mol. The molecule has 0 atom stereocenters. The van der Waals surface area contributed by atoms with Crippen molar-refractivity contribution >= 4 is 35.7 Å². The van der Waals surface area contributed by atoms with E-state index < -0.39 is 52.0 Å². The molecule has 0 unspecified atom stereocenters. The number of nitrogens with one attached hydrogen (secondary N) is 1. The summed E-state index contributed by atoms with van der Waals surface area (Å²) in [4.78, 5) is 19.1. The maximum atomic E-state index is 13.7. The van der Waals surface area contributed by atoms with Crippen LogP contribution in [0.4, 0.5) is 41.3 Å². The second-order valence-corrected chi connectivity index (χ2v) is 7.12. The van der Waals surface area contributed by atoms with E-state index in [0.717, 1.165) is 36.1 Å². The van der Waals surface area contributed by atoms with Gasteiger partial charge < -0.3 is 9.72 Å². The Balaban J connectivity index is 2.18. The molecule has 6 nitrogen and oxygen atoms in total. The minimum absolute atomic E-state index is 0.185. The van der Waals surface area contributed by atoms with Crippen LogP contribution in [0.3, 0.4) is 0 Å². The van der Waals surface area contributed by atoms with Crippen molar-refractivity contribution in [3.8, 4) is 11.4 Å². The number of carbonyl (C=O) groups excluding carboxylic acids is 1. The standard InChI is InChI=1S/C18H10ClF7N4O2S/c1-29(12-3-2-10(20)14(19)28-12)16(31)32-13-9(18(24,25)26)6-8(17(21,22)23)7-11(13)30-5-4-27-15(30)33/h2-7H,1H3,(H,27,33). The number of hydrogen-bond acceptors (Lipinski definition) is 4. The van der Waals surface area contributed by atoms with Gasteiger partial charge in [0.05, 0.1) is 11.3 Å². The number of pyridine rings is 1. The van der Waals surface area contributed by atoms with Crippen molar-refractivity contribution in [1.82, 2.24) is 14.5 Å². The SMILES string of the molecule is CN(C(=O)Oc1c(-n2cc[nH]c2=S)cc(C(F)(F)F)cc1C(F)(F)F)c1ccc(F)c(Cl)n1. The monoisotopic (exact) mass is 514 g/mol. The van der Waals surface area contributed by atoms with Crippen LogP contribution in [0, 0.1) is 10.6 Å². The normalized spacial score (nSPS) is 12.0. The highest BCUT2D eigenvalue weighted by Crippen LogP contribution is 2.44. The summed E-state index contributed by atoms with van der Waals surface area (Å²) in [7, 11) is 1.03. The highest BCUT2D eigenvalue weighted by atomic mass is 35.5. The van der Waals surface area contributed by atoms with Gasteiger partial charge >= 0.3 is 18.4 Å². The number of ether oxygens (including phenoxy) is 1. The summed E-state index contributed by atoms with van der Waals surface area (Å²) in [5.41, 5.74) is -4.31. The van der Waals surface area contributed by atoms with E-state index in [1.807, 2.05) is 0 Å². The summed E-state index contributed by atoms with van der Waals surface area (Å²) in [5, 5.41) is -0.628.